The van der Waals surface area contributed by atoms with Crippen LogP contribution < -0.4 is 10.6 Å². The van der Waals surface area contributed by atoms with Gasteiger partial charge in [-0.05, 0) is 43.7 Å². The highest BCUT2D eigenvalue weighted by atomic mass is 19.4. The summed E-state index contributed by atoms with van der Waals surface area (Å²) >= 11 is 0. The van der Waals surface area contributed by atoms with Gasteiger partial charge in [-0.15, -0.1) is 0 Å². The molecule has 0 saturated carbocycles. The lowest BCUT2D eigenvalue weighted by Gasteiger charge is -2.14. The molecule has 0 aliphatic carbocycles. The maximum Gasteiger partial charge on any atom is 0.418 e. The summed E-state index contributed by atoms with van der Waals surface area (Å²) in [6.07, 6.45) is -4.46. The fourth-order valence-electron chi connectivity index (χ4n) is 2.52. The molecule has 1 heterocycles. The van der Waals surface area contributed by atoms with Crippen LogP contribution >= 0.6 is 0 Å². The van der Waals surface area contributed by atoms with Crippen LogP contribution in [0, 0.1) is 13.8 Å². The minimum Gasteiger partial charge on any atom is -0.340 e. The molecule has 3 aromatic rings. The van der Waals surface area contributed by atoms with Crippen molar-refractivity contribution < 1.29 is 13.2 Å². The fourth-order valence-corrected chi connectivity index (χ4v) is 2.52. The molecule has 0 bridgehead atoms. The number of rotatable bonds is 4. The number of nitrogens with one attached hydrogen (secondary N) is 2. The van der Waals surface area contributed by atoms with E-state index in [0.717, 1.165) is 17.3 Å². The van der Waals surface area contributed by atoms with Gasteiger partial charge in [0.1, 0.15) is 5.82 Å². The Kier molecular flexibility index (Phi) is 4.79. The van der Waals surface area contributed by atoms with E-state index in [2.05, 4.69) is 20.6 Å². The summed E-state index contributed by atoms with van der Waals surface area (Å²) in [6.45, 7) is 3.72. The lowest BCUT2D eigenvalue weighted by Crippen LogP contribution is -2.10. The van der Waals surface area contributed by atoms with Crippen molar-refractivity contribution >= 4 is 23.1 Å². The second-order valence-corrected chi connectivity index (χ2v) is 5.88. The fraction of sp³-hybridized carbons (Fsp3) is 0.158. The third kappa shape index (κ3) is 4.30. The Morgan fingerprint density at radius 3 is 2.35 bits per heavy atom. The summed E-state index contributed by atoms with van der Waals surface area (Å²) < 4.78 is 39.4. The number of nitrogens with zero attached hydrogens (tertiary/aromatic N) is 2. The van der Waals surface area contributed by atoms with E-state index >= 15 is 0 Å². The first-order valence-electron chi connectivity index (χ1n) is 7.94. The van der Waals surface area contributed by atoms with Gasteiger partial charge >= 0.3 is 6.18 Å². The molecule has 7 heteroatoms. The third-order valence-electron chi connectivity index (χ3n) is 3.62. The van der Waals surface area contributed by atoms with Gasteiger partial charge in [0.2, 0.25) is 5.95 Å². The molecule has 0 unspecified atom stereocenters. The van der Waals surface area contributed by atoms with Crippen molar-refractivity contribution in [1.82, 2.24) is 9.97 Å². The Balaban J connectivity index is 1.89. The molecule has 0 spiro atoms. The molecule has 2 N–H and O–H groups in total. The van der Waals surface area contributed by atoms with Gasteiger partial charge < -0.3 is 10.6 Å². The minimum absolute atomic E-state index is 0.0906. The molecule has 26 heavy (non-hydrogen) atoms. The number of anilines is 4. The quantitative estimate of drug-likeness (QED) is 0.637. The van der Waals surface area contributed by atoms with Gasteiger partial charge in [-0.1, -0.05) is 24.3 Å². The van der Waals surface area contributed by atoms with E-state index in [4.69, 9.17) is 0 Å². The smallest absolute Gasteiger partial charge is 0.340 e. The SMILES string of the molecule is Cc1cccc(Nc2cc(C)nc(Nc3ccccc3C(F)(F)F)n2)c1. The number of aryl methyl sites for hydroxylation is 2. The zero-order chi connectivity index (χ0) is 18.7. The summed E-state index contributed by atoms with van der Waals surface area (Å²) in [5.41, 5.74) is 1.69. The van der Waals surface area contributed by atoms with Crippen LogP contribution in [-0.4, -0.2) is 9.97 Å². The molecule has 0 saturated heterocycles. The van der Waals surface area contributed by atoms with Gasteiger partial charge in [-0.25, -0.2) is 4.98 Å². The van der Waals surface area contributed by atoms with Crippen molar-refractivity contribution in [2.24, 2.45) is 0 Å². The topological polar surface area (TPSA) is 49.8 Å². The molecule has 0 amide bonds. The molecular weight excluding hydrogens is 341 g/mol. The van der Waals surface area contributed by atoms with Crippen molar-refractivity contribution in [2.75, 3.05) is 10.6 Å². The molecule has 134 valence electrons. The highest BCUT2D eigenvalue weighted by Crippen LogP contribution is 2.35. The molecule has 2 aromatic carbocycles. The predicted molar refractivity (Wildman–Crippen MR) is 96.0 cm³/mol. The van der Waals surface area contributed by atoms with Crippen LogP contribution in [0.2, 0.25) is 0 Å². The van der Waals surface area contributed by atoms with E-state index in [1.54, 1.807) is 13.0 Å². The lowest BCUT2D eigenvalue weighted by atomic mass is 10.1. The highest BCUT2D eigenvalue weighted by molar-refractivity contribution is 5.63. The van der Waals surface area contributed by atoms with Gasteiger partial charge in [0.25, 0.3) is 0 Å². The maximum absolute atomic E-state index is 13.1. The lowest BCUT2D eigenvalue weighted by molar-refractivity contribution is -0.136. The van der Waals surface area contributed by atoms with Gasteiger partial charge in [0.15, 0.2) is 0 Å². The van der Waals surface area contributed by atoms with E-state index in [1.165, 1.54) is 18.2 Å². The molecule has 3 rings (SSSR count). The molecule has 0 aliphatic heterocycles. The van der Waals surface area contributed by atoms with Crippen molar-refractivity contribution in [1.29, 1.82) is 0 Å². The standard InChI is InChI=1S/C19H17F3N4/c1-12-6-5-7-14(10-12)24-17-11-13(2)23-18(26-17)25-16-9-4-3-8-15(16)19(20,21)22/h3-11H,1-2H3,(H2,23,24,25,26). The maximum atomic E-state index is 13.1. The molecule has 0 atom stereocenters. The summed E-state index contributed by atoms with van der Waals surface area (Å²) in [5.74, 6) is 0.590. The molecule has 0 fully saturated rings. The van der Waals surface area contributed by atoms with Crippen LogP contribution in [-0.2, 0) is 6.18 Å². The van der Waals surface area contributed by atoms with E-state index < -0.39 is 11.7 Å². The van der Waals surface area contributed by atoms with Crippen LogP contribution in [0.5, 0.6) is 0 Å². The monoisotopic (exact) mass is 358 g/mol. The minimum atomic E-state index is -4.46. The normalized spacial score (nSPS) is 11.3. The molecule has 0 aliphatic rings. The van der Waals surface area contributed by atoms with Crippen molar-refractivity contribution in [3.05, 3.63) is 71.4 Å². The number of aromatic nitrogens is 2. The Bertz CT molecular complexity index is 923. The Hall–Kier alpha value is -3.09. The number of hydrogen-bond donors (Lipinski definition) is 2. The second-order valence-electron chi connectivity index (χ2n) is 5.88. The Morgan fingerprint density at radius 1 is 0.846 bits per heavy atom. The van der Waals surface area contributed by atoms with Crippen LogP contribution in [0.1, 0.15) is 16.8 Å². The first-order chi connectivity index (χ1) is 12.3. The van der Waals surface area contributed by atoms with Crippen LogP contribution in [0.4, 0.5) is 36.3 Å². The van der Waals surface area contributed by atoms with Gasteiger partial charge in [-0.2, -0.15) is 18.2 Å². The predicted octanol–water partition coefficient (Wildman–Crippen LogP) is 5.60. The van der Waals surface area contributed by atoms with E-state index in [-0.39, 0.29) is 11.6 Å². The van der Waals surface area contributed by atoms with Crippen LogP contribution in [0.3, 0.4) is 0 Å². The average molecular weight is 358 g/mol. The van der Waals surface area contributed by atoms with Crippen molar-refractivity contribution in [2.45, 2.75) is 20.0 Å². The highest BCUT2D eigenvalue weighted by Gasteiger charge is 2.33. The third-order valence-corrected chi connectivity index (χ3v) is 3.62. The van der Waals surface area contributed by atoms with E-state index in [1.807, 2.05) is 31.2 Å². The molecular formula is C19H17F3N4. The van der Waals surface area contributed by atoms with Crippen molar-refractivity contribution in [3.8, 4) is 0 Å². The molecule has 4 nitrogen and oxygen atoms in total. The number of hydrogen-bond acceptors (Lipinski definition) is 4. The number of alkyl halides is 3. The summed E-state index contributed by atoms with van der Waals surface area (Å²) in [5, 5.41) is 5.82. The van der Waals surface area contributed by atoms with Gasteiger partial charge in [0.05, 0.1) is 11.3 Å². The number of halogens is 3. The Morgan fingerprint density at radius 2 is 1.62 bits per heavy atom. The first-order valence-corrected chi connectivity index (χ1v) is 7.94. The Labute approximate surface area is 149 Å². The summed E-state index contributed by atoms with van der Waals surface area (Å²) in [4.78, 5) is 8.46. The zero-order valence-corrected chi connectivity index (χ0v) is 14.2. The summed E-state index contributed by atoms with van der Waals surface area (Å²) in [6, 6.07) is 14.7. The van der Waals surface area contributed by atoms with Gasteiger partial charge in [0, 0.05) is 17.4 Å². The number of para-hydroxylation sites is 1. The van der Waals surface area contributed by atoms with E-state index in [9.17, 15) is 13.2 Å². The molecule has 0 radical (unpaired) electrons. The van der Waals surface area contributed by atoms with Gasteiger partial charge in [-0.3, -0.25) is 0 Å². The second kappa shape index (κ2) is 7.03. The van der Waals surface area contributed by atoms with Crippen LogP contribution in [0.15, 0.2) is 54.6 Å². The largest absolute Gasteiger partial charge is 0.418 e. The number of benzene rings is 2. The molecule has 1 aromatic heterocycles. The first kappa shape index (κ1) is 17.7. The zero-order valence-electron chi connectivity index (χ0n) is 14.2. The van der Waals surface area contributed by atoms with Crippen molar-refractivity contribution in [3.63, 3.8) is 0 Å². The van der Waals surface area contributed by atoms with Crippen LogP contribution in [0.25, 0.3) is 0 Å². The summed E-state index contributed by atoms with van der Waals surface area (Å²) in [7, 11) is 0. The average Bonchev–Trinajstić information content (AvgIpc) is 2.54. The van der Waals surface area contributed by atoms with E-state index in [0.29, 0.717) is 11.5 Å².